The van der Waals surface area contributed by atoms with E-state index in [-0.39, 0.29) is 4.90 Å². The molecule has 23 heavy (non-hydrogen) atoms. The topological polar surface area (TPSA) is 49.7 Å². The van der Waals surface area contributed by atoms with E-state index in [1.54, 1.807) is 24.3 Å². The molecule has 1 heterocycles. The van der Waals surface area contributed by atoms with Gasteiger partial charge in [-0.05, 0) is 42.0 Å². The quantitative estimate of drug-likeness (QED) is 0.844. The number of hydrogen-bond acceptors (Lipinski definition) is 4. The van der Waals surface area contributed by atoms with Gasteiger partial charge in [-0.2, -0.15) is 5.10 Å². The molecule has 0 N–H and O–H groups in total. The highest BCUT2D eigenvalue weighted by atomic mass is 35.5. The molecule has 2 aromatic carbocycles. The summed E-state index contributed by atoms with van der Waals surface area (Å²) >= 11 is 5.90. The van der Waals surface area contributed by atoms with Crippen molar-refractivity contribution in [1.29, 1.82) is 0 Å². The molecular weight excluding hydrogens is 332 g/mol. The Kier molecular flexibility index (Phi) is 4.24. The first-order valence-corrected chi connectivity index (χ1v) is 9.00. The number of hydrogen-bond donors (Lipinski definition) is 0. The monoisotopic (exact) mass is 346 g/mol. The molecule has 118 valence electrons. The second-order valence-electron chi connectivity index (χ2n) is 5.13. The molecule has 0 radical (unpaired) electrons. The average Bonchev–Trinajstić information content (AvgIpc) is 3.05. The fraction of sp³-hybridized carbons (Fsp3) is 0.118. The first-order chi connectivity index (χ1) is 11.0. The van der Waals surface area contributed by atoms with Crippen LogP contribution in [0.5, 0.6) is 0 Å². The van der Waals surface area contributed by atoms with Gasteiger partial charge in [-0.15, -0.1) is 0 Å². The Hall–Kier alpha value is -2.11. The standard InChI is InChI=1S/C17H15ClN2O2S/c1-2-23(21,22)16-9-7-15(8-10-16)20-12-11-17(19-20)13-3-5-14(18)6-4-13/h2-10H,1,11-12H2. The van der Waals surface area contributed by atoms with Gasteiger partial charge in [-0.1, -0.05) is 30.3 Å². The summed E-state index contributed by atoms with van der Waals surface area (Å²) in [6.45, 7) is 4.08. The Bertz CT molecular complexity index is 856. The molecule has 0 amide bonds. The summed E-state index contributed by atoms with van der Waals surface area (Å²) in [4.78, 5) is 0.234. The lowest BCUT2D eigenvalue weighted by molar-refractivity contribution is 0.604. The number of rotatable bonds is 4. The van der Waals surface area contributed by atoms with Crippen LogP contribution in [-0.2, 0) is 9.84 Å². The van der Waals surface area contributed by atoms with Gasteiger partial charge in [-0.3, -0.25) is 5.01 Å². The zero-order valence-electron chi connectivity index (χ0n) is 12.3. The van der Waals surface area contributed by atoms with E-state index in [1.807, 2.05) is 29.3 Å². The molecule has 0 unspecified atom stereocenters. The second kappa shape index (κ2) is 6.18. The van der Waals surface area contributed by atoms with Crippen molar-refractivity contribution in [2.45, 2.75) is 11.3 Å². The van der Waals surface area contributed by atoms with Crippen molar-refractivity contribution in [3.8, 4) is 0 Å². The molecule has 3 rings (SSSR count). The number of sulfone groups is 1. The summed E-state index contributed by atoms with van der Waals surface area (Å²) in [7, 11) is -3.40. The zero-order valence-corrected chi connectivity index (χ0v) is 13.9. The Labute approximate surface area is 140 Å². The minimum atomic E-state index is -3.40. The summed E-state index contributed by atoms with van der Waals surface area (Å²) < 4.78 is 23.5. The van der Waals surface area contributed by atoms with Gasteiger partial charge in [0, 0.05) is 23.4 Å². The molecule has 1 aliphatic heterocycles. The van der Waals surface area contributed by atoms with E-state index in [1.165, 1.54) is 0 Å². The number of halogens is 1. The van der Waals surface area contributed by atoms with Gasteiger partial charge >= 0.3 is 0 Å². The fourth-order valence-electron chi connectivity index (χ4n) is 2.39. The molecule has 6 heteroatoms. The van der Waals surface area contributed by atoms with Crippen LogP contribution in [-0.4, -0.2) is 20.7 Å². The summed E-state index contributed by atoms with van der Waals surface area (Å²) in [6.07, 6.45) is 0.828. The van der Waals surface area contributed by atoms with E-state index >= 15 is 0 Å². The minimum absolute atomic E-state index is 0.234. The molecule has 0 aliphatic carbocycles. The fourth-order valence-corrected chi connectivity index (χ4v) is 3.23. The van der Waals surface area contributed by atoms with E-state index in [0.717, 1.165) is 35.3 Å². The molecule has 0 saturated heterocycles. The maximum atomic E-state index is 11.7. The second-order valence-corrected chi connectivity index (χ2v) is 7.46. The lowest BCUT2D eigenvalue weighted by Gasteiger charge is -2.13. The average molecular weight is 347 g/mol. The molecule has 0 fully saturated rings. The Morgan fingerprint density at radius 2 is 1.74 bits per heavy atom. The molecule has 1 aliphatic rings. The van der Waals surface area contributed by atoms with Crippen molar-refractivity contribution in [3.05, 3.63) is 71.1 Å². The van der Waals surface area contributed by atoms with E-state index in [0.29, 0.717) is 5.02 Å². The predicted molar refractivity (Wildman–Crippen MR) is 93.8 cm³/mol. The number of anilines is 1. The summed E-state index contributed by atoms with van der Waals surface area (Å²) in [6, 6.07) is 14.2. The van der Waals surface area contributed by atoms with E-state index in [4.69, 9.17) is 11.6 Å². The van der Waals surface area contributed by atoms with Crippen molar-refractivity contribution in [3.63, 3.8) is 0 Å². The minimum Gasteiger partial charge on any atom is -0.265 e. The highest BCUT2D eigenvalue weighted by Gasteiger charge is 2.18. The van der Waals surface area contributed by atoms with E-state index in [2.05, 4.69) is 11.7 Å². The number of benzene rings is 2. The van der Waals surface area contributed by atoms with Crippen LogP contribution in [0.2, 0.25) is 5.02 Å². The summed E-state index contributed by atoms with van der Waals surface area (Å²) in [5.41, 5.74) is 2.89. The summed E-state index contributed by atoms with van der Waals surface area (Å²) in [5.74, 6) is 0. The lowest BCUT2D eigenvalue weighted by atomic mass is 10.1. The molecule has 0 atom stereocenters. The van der Waals surface area contributed by atoms with E-state index in [9.17, 15) is 8.42 Å². The van der Waals surface area contributed by atoms with Crippen molar-refractivity contribution >= 4 is 32.8 Å². The van der Waals surface area contributed by atoms with Crippen LogP contribution in [0.4, 0.5) is 5.69 Å². The Morgan fingerprint density at radius 3 is 2.35 bits per heavy atom. The third kappa shape index (κ3) is 3.30. The van der Waals surface area contributed by atoms with Crippen molar-refractivity contribution < 1.29 is 8.42 Å². The third-order valence-electron chi connectivity index (χ3n) is 3.66. The highest BCUT2D eigenvalue weighted by molar-refractivity contribution is 7.94. The number of hydrazone groups is 1. The van der Waals surface area contributed by atoms with Crippen LogP contribution in [0.1, 0.15) is 12.0 Å². The van der Waals surface area contributed by atoms with Gasteiger partial charge in [-0.25, -0.2) is 8.42 Å². The van der Waals surface area contributed by atoms with Crippen LogP contribution in [0.3, 0.4) is 0 Å². The maximum Gasteiger partial charge on any atom is 0.199 e. The van der Waals surface area contributed by atoms with Gasteiger partial charge in [0.25, 0.3) is 0 Å². The molecule has 4 nitrogen and oxygen atoms in total. The normalized spacial score (nSPS) is 14.7. The van der Waals surface area contributed by atoms with Gasteiger partial charge in [0.2, 0.25) is 0 Å². The van der Waals surface area contributed by atoms with Crippen molar-refractivity contribution in [2.24, 2.45) is 5.10 Å². The lowest BCUT2D eigenvalue weighted by Crippen LogP contribution is -2.11. The summed E-state index contributed by atoms with van der Waals surface area (Å²) in [5, 5.41) is 8.13. The molecular formula is C17H15ClN2O2S. The van der Waals surface area contributed by atoms with Gasteiger partial charge in [0.1, 0.15) is 0 Å². The molecule has 0 aromatic heterocycles. The zero-order chi connectivity index (χ0) is 16.4. The predicted octanol–water partition coefficient (Wildman–Crippen LogP) is 3.87. The van der Waals surface area contributed by atoms with Crippen LogP contribution >= 0.6 is 11.6 Å². The van der Waals surface area contributed by atoms with Crippen molar-refractivity contribution in [2.75, 3.05) is 11.6 Å². The van der Waals surface area contributed by atoms with E-state index < -0.39 is 9.84 Å². The molecule has 0 saturated carbocycles. The van der Waals surface area contributed by atoms with Gasteiger partial charge in [0.15, 0.2) is 9.84 Å². The van der Waals surface area contributed by atoms with Crippen LogP contribution < -0.4 is 5.01 Å². The smallest absolute Gasteiger partial charge is 0.199 e. The van der Waals surface area contributed by atoms with Crippen LogP contribution in [0.15, 0.2) is 70.5 Å². The molecule has 0 spiro atoms. The highest BCUT2D eigenvalue weighted by Crippen LogP contribution is 2.24. The molecule has 0 bridgehead atoms. The van der Waals surface area contributed by atoms with Gasteiger partial charge < -0.3 is 0 Å². The molecule has 2 aromatic rings. The van der Waals surface area contributed by atoms with Crippen molar-refractivity contribution in [1.82, 2.24) is 0 Å². The van der Waals surface area contributed by atoms with Gasteiger partial charge in [0.05, 0.1) is 16.3 Å². The maximum absolute atomic E-state index is 11.7. The van der Waals surface area contributed by atoms with Crippen LogP contribution in [0, 0.1) is 0 Å². The van der Waals surface area contributed by atoms with Crippen LogP contribution in [0.25, 0.3) is 0 Å². The Morgan fingerprint density at radius 1 is 1.09 bits per heavy atom. The number of nitrogens with zero attached hydrogens (tertiary/aromatic N) is 2. The first kappa shape index (κ1) is 15.8. The first-order valence-electron chi connectivity index (χ1n) is 7.08. The SMILES string of the molecule is C=CS(=O)(=O)c1ccc(N2CCC(c3ccc(Cl)cc3)=N2)cc1. The Balaban J connectivity index is 1.83. The largest absolute Gasteiger partial charge is 0.265 e. The third-order valence-corrected chi connectivity index (χ3v) is 5.28.